The van der Waals surface area contributed by atoms with Gasteiger partial charge in [-0.2, -0.15) is 0 Å². The molecule has 2 aromatic rings. The van der Waals surface area contributed by atoms with Crippen LogP contribution in [0.1, 0.15) is 86.8 Å². The molecule has 0 bridgehead atoms. The molecule has 0 amide bonds. The van der Waals surface area contributed by atoms with Gasteiger partial charge in [0.2, 0.25) is 0 Å². The summed E-state index contributed by atoms with van der Waals surface area (Å²) in [6, 6.07) is 10.0. The highest BCUT2D eigenvalue weighted by atomic mass is 14.5. The van der Waals surface area contributed by atoms with E-state index in [1.165, 1.54) is 59.1 Å². The van der Waals surface area contributed by atoms with E-state index in [0.29, 0.717) is 11.8 Å². The Kier molecular flexibility index (Phi) is 5.57. The maximum absolute atomic E-state index is 2.54. The highest BCUT2D eigenvalue weighted by Crippen LogP contribution is 2.59. The third-order valence-electron chi connectivity index (χ3n) is 7.45. The van der Waals surface area contributed by atoms with E-state index in [0.717, 1.165) is 0 Å². The number of benzene rings is 2. The second kappa shape index (κ2) is 7.46. The van der Waals surface area contributed by atoms with E-state index in [1.54, 1.807) is 11.1 Å². The third kappa shape index (κ3) is 2.96. The van der Waals surface area contributed by atoms with Gasteiger partial charge >= 0.3 is 0 Å². The molecule has 0 radical (unpaired) electrons. The van der Waals surface area contributed by atoms with Crippen molar-refractivity contribution in [3.8, 4) is 11.1 Å². The fraction of sp³-hybridized carbons (Fsp3) is 0.556. The molecule has 3 rings (SSSR count). The zero-order chi connectivity index (χ0) is 19.9. The van der Waals surface area contributed by atoms with Gasteiger partial charge in [0.1, 0.15) is 0 Å². The van der Waals surface area contributed by atoms with E-state index in [-0.39, 0.29) is 5.41 Å². The lowest BCUT2D eigenvalue weighted by molar-refractivity contribution is 0.222. The van der Waals surface area contributed by atoms with Crippen LogP contribution in [0.5, 0.6) is 0 Å². The minimum atomic E-state index is 0.146. The van der Waals surface area contributed by atoms with Gasteiger partial charge in [0.05, 0.1) is 0 Å². The summed E-state index contributed by atoms with van der Waals surface area (Å²) < 4.78 is 0. The summed E-state index contributed by atoms with van der Waals surface area (Å²) in [4.78, 5) is 0. The van der Waals surface area contributed by atoms with Crippen LogP contribution in [0.15, 0.2) is 24.3 Å². The lowest BCUT2D eigenvalue weighted by Gasteiger charge is -2.44. The minimum Gasteiger partial charge on any atom is -0.0654 e. The van der Waals surface area contributed by atoms with Gasteiger partial charge in [0, 0.05) is 5.41 Å². The first-order chi connectivity index (χ1) is 12.8. The molecule has 146 valence electrons. The van der Waals surface area contributed by atoms with Crippen LogP contribution in [0.3, 0.4) is 0 Å². The maximum atomic E-state index is 2.54. The fourth-order valence-corrected chi connectivity index (χ4v) is 5.78. The van der Waals surface area contributed by atoms with Crippen LogP contribution in [0.25, 0.3) is 11.1 Å². The van der Waals surface area contributed by atoms with Crippen molar-refractivity contribution >= 4 is 0 Å². The summed E-state index contributed by atoms with van der Waals surface area (Å²) in [7, 11) is 0. The van der Waals surface area contributed by atoms with E-state index >= 15 is 0 Å². The van der Waals surface area contributed by atoms with Gasteiger partial charge in [0.25, 0.3) is 0 Å². The van der Waals surface area contributed by atoms with E-state index < -0.39 is 0 Å². The number of aryl methyl sites for hydroxylation is 4. The molecule has 0 saturated heterocycles. The van der Waals surface area contributed by atoms with Crippen LogP contribution in [0.4, 0.5) is 0 Å². The van der Waals surface area contributed by atoms with Crippen molar-refractivity contribution in [3.05, 3.63) is 57.6 Å². The molecule has 0 nitrogen and oxygen atoms in total. The Hall–Kier alpha value is -1.56. The first kappa shape index (κ1) is 20.2. The summed E-state index contributed by atoms with van der Waals surface area (Å²) in [5.74, 6) is 1.29. The predicted molar refractivity (Wildman–Crippen MR) is 120 cm³/mol. The van der Waals surface area contributed by atoms with Gasteiger partial charge in [-0.3, -0.25) is 0 Å². The van der Waals surface area contributed by atoms with Gasteiger partial charge in [-0.1, -0.05) is 64.8 Å². The Balaban J connectivity index is 2.42. The van der Waals surface area contributed by atoms with Crippen LogP contribution in [-0.4, -0.2) is 0 Å². The van der Waals surface area contributed by atoms with Crippen molar-refractivity contribution in [1.29, 1.82) is 0 Å². The number of rotatable bonds is 6. The lowest BCUT2D eigenvalue weighted by atomic mass is 9.59. The molecule has 0 spiro atoms. The summed E-state index contributed by atoms with van der Waals surface area (Å²) in [5, 5.41) is 0. The number of hydrogen-bond donors (Lipinski definition) is 0. The van der Waals surface area contributed by atoms with Gasteiger partial charge in [0.15, 0.2) is 0 Å². The molecular formula is C27H38. The molecule has 0 saturated carbocycles. The minimum absolute atomic E-state index is 0.146. The average molecular weight is 363 g/mol. The van der Waals surface area contributed by atoms with Crippen molar-refractivity contribution in [2.75, 3.05) is 0 Å². The molecular weight excluding hydrogens is 324 g/mol. The van der Waals surface area contributed by atoms with E-state index in [2.05, 4.69) is 79.7 Å². The molecule has 1 aliphatic rings. The molecule has 0 heteroatoms. The molecule has 27 heavy (non-hydrogen) atoms. The van der Waals surface area contributed by atoms with Crippen LogP contribution in [0, 0.1) is 39.5 Å². The first-order valence-electron chi connectivity index (χ1n) is 11.0. The van der Waals surface area contributed by atoms with E-state index in [9.17, 15) is 0 Å². The number of hydrogen-bond acceptors (Lipinski definition) is 0. The van der Waals surface area contributed by atoms with Crippen LogP contribution < -0.4 is 0 Å². The highest BCUT2D eigenvalue weighted by molar-refractivity contribution is 5.83. The molecule has 1 aliphatic carbocycles. The zero-order valence-corrected chi connectivity index (χ0v) is 18.8. The quantitative estimate of drug-likeness (QED) is 0.487. The SMILES string of the molecule is CCCC(C)C1(C(C)CCC)c2cc(C)c(C)cc2-c2cc(C)c(C)cc21. The van der Waals surface area contributed by atoms with Crippen molar-refractivity contribution in [1.82, 2.24) is 0 Å². The number of fused-ring (bicyclic) bond motifs is 3. The Morgan fingerprint density at radius 1 is 0.630 bits per heavy atom. The normalized spacial score (nSPS) is 16.7. The van der Waals surface area contributed by atoms with Crippen LogP contribution >= 0.6 is 0 Å². The summed E-state index contributed by atoms with van der Waals surface area (Å²) in [6.45, 7) is 18.8. The standard InChI is InChI=1S/C27H38/c1-9-11-21(7)27(22(8)12-10-2)25-15-19(5)17(3)13-23(25)24-14-18(4)20(6)16-26(24)27/h13-16,21-22H,9-12H2,1-8H3. The topological polar surface area (TPSA) is 0 Å². The zero-order valence-electron chi connectivity index (χ0n) is 18.8. The molecule has 2 atom stereocenters. The highest BCUT2D eigenvalue weighted by Gasteiger charge is 2.50. The Morgan fingerprint density at radius 2 is 0.963 bits per heavy atom. The Morgan fingerprint density at radius 3 is 1.30 bits per heavy atom. The summed E-state index contributed by atoms with van der Waals surface area (Å²) >= 11 is 0. The monoisotopic (exact) mass is 362 g/mol. The smallest absolute Gasteiger partial charge is 0.0266 e. The molecule has 0 heterocycles. The van der Waals surface area contributed by atoms with Crippen molar-refractivity contribution in [3.63, 3.8) is 0 Å². The van der Waals surface area contributed by atoms with Crippen molar-refractivity contribution in [2.24, 2.45) is 11.8 Å². The van der Waals surface area contributed by atoms with Crippen LogP contribution in [0.2, 0.25) is 0 Å². The Bertz CT molecular complexity index is 768. The fourth-order valence-electron chi connectivity index (χ4n) is 5.78. The molecule has 2 aromatic carbocycles. The van der Waals surface area contributed by atoms with Gasteiger partial charge in [-0.25, -0.2) is 0 Å². The lowest BCUT2D eigenvalue weighted by Crippen LogP contribution is -2.40. The summed E-state index contributed by atoms with van der Waals surface area (Å²) in [6.07, 6.45) is 5.07. The van der Waals surface area contributed by atoms with Gasteiger partial charge in [-0.05, 0) is 96.9 Å². The second-order valence-corrected chi connectivity index (χ2v) is 9.21. The van der Waals surface area contributed by atoms with E-state index in [4.69, 9.17) is 0 Å². The van der Waals surface area contributed by atoms with Gasteiger partial charge < -0.3 is 0 Å². The van der Waals surface area contributed by atoms with Crippen molar-refractivity contribution in [2.45, 2.75) is 86.5 Å². The summed E-state index contributed by atoms with van der Waals surface area (Å²) in [5.41, 5.74) is 12.1. The van der Waals surface area contributed by atoms with E-state index in [1.807, 2.05) is 0 Å². The average Bonchev–Trinajstić information content (AvgIpc) is 2.86. The first-order valence-corrected chi connectivity index (χ1v) is 11.0. The van der Waals surface area contributed by atoms with Crippen molar-refractivity contribution < 1.29 is 0 Å². The third-order valence-corrected chi connectivity index (χ3v) is 7.45. The van der Waals surface area contributed by atoms with Crippen LogP contribution in [-0.2, 0) is 5.41 Å². The largest absolute Gasteiger partial charge is 0.0654 e. The predicted octanol–water partition coefficient (Wildman–Crippen LogP) is 8.06. The second-order valence-electron chi connectivity index (χ2n) is 9.21. The molecule has 2 unspecified atom stereocenters. The molecule has 0 aromatic heterocycles. The maximum Gasteiger partial charge on any atom is 0.0266 e. The molecule has 0 N–H and O–H groups in total. The van der Waals surface area contributed by atoms with Gasteiger partial charge in [-0.15, -0.1) is 0 Å². The molecule has 0 aliphatic heterocycles. The Labute approximate surface area is 167 Å². The molecule has 0 fully saturated rings.